The molecule has 2 aromatic carbocycles. The molecule has 1 aliphatic rings. The first-order valence-electron chi connectivity index (χ1n) is 7.20. The molecule has 7 heteroatoms. The summed E-state index contributed by atoms with van der Waals surface area (Å²) in [7, 11) is 1.42. The van der Waals surface area contributed by atoms with Gasteiger partial charge in [-0.15, -0.1) is 0 Å². The molecule has 122 valence electrons. The lowest BCUT2D eigenvalue weighted by atomic mass is 10.1. The van der Waals surface area contributed by atoms with Crippen LogP contribution in [0.1, 0.15) is 22.0 Å². The van der Waals surface area contributed by atoms with Crippen LogP contribution < -0.4 is 10.6 Å². The van der Waals surface area contributed by atoms with Crippen LogP contribution in [0.4, 0.5) is 10.5 Å². The highest BCUT2D eigenvalue weighted by molar-refractivity contribution is 6.30. The number of hydrogen-bond acceptors (Lipinski definition) is 3. The van der Waals surface area contributed by atoms with Crippen molar-refractivity contribution in [2.75, 3.05) is 12.4 Å². The number of carbonyl (C=O) groups excluding carboxylic acids is 3. The fourth-order valence-electron chi connectivity index (χ4n) is 2.40. The van der Waals surface area contributed by atoms with E-state index in [0.717, 1.165) is 4.90 Å². The van der Waals surface area contributed by atoms with E-state index in [1.165, 1.54) is 7.05 Å². The first-order valence-corrected chi connectivity index (χ1v) is 7.58. The predicted octanol–water partition coefficient (Wildman–Crippen LogP) is 2.82. The zero-order valence-electron chi connectivity index (χ0n) is 12.7. The SMILES string of the molecule is CN1C(=O)NC(c2cccc(NC(=O)c3ccc(Cl)cc3)c2)C1=O. The van der Waals surface area contributed by atoms with E-state index >= 15 is 0 Å². The van der Waals surface area contributed by atoms with Gasteiger partial charge in [-0.05, 0) is 42.0 Å². The number of urea groups is 1. The summed E-state index contributed by atoms with van der Waals surface area (Å²) in [6, 6.07) is 12.1. The number of rotatable bonds is 3. The van der Waals surface area contributed by atoms with Gasteiger partial charge in [-0.25, -0.2) is 4.79 Å². The Balaban J connectivity index is 1.78. The van der Waals surface area contributed by atoms with E-state index in [4.69, 9.17) is 11.6 Å². The number of amides is 4. The van der Waals surface area contributed by atoms with Gasteiger partial charge in [0.2, 0.25) is 0 Å². The lowest BCUT2D eigenvalue weighted by Gasteiger charge is -2.11. The van der Waals surface area contributed by atoms with Crippen molar-refractivity contribution in [3.63, 3.8) is 0 Å². The molecule has 0 aliphatic carbocycles. The van der Waals surface area contributed by atoms with Gasteiger partial charge in [0, 0.05) is 23.3 Å². The number of nitrogens with zero attached hydrogens (tertiary/aromatic N) is 1. The van der Waals surface area contributed by atoms with Gasteiger partial charge in [0.1, 0.15) is 6.04 Å². The van der Waals surface area contributed by atoms with E-state index in [0.29, 0.717) is 21.8 Å². The summed E-state index contributed by atoms with van der Waals surface area (Å²) in [6.45, 7) is 0. The van der Waals surface area contributed by atoms with Crippen molar-refractivity contribution in [3.8, 4) is 0 Å². The maximum Gasteiger partial charge on any atom is 0.324 e. The van der Waals surface area contributed by atoms with E-state index in [-0.39, 0.29) is 11.8 Å². The second kappa shape index (κ2) is 6.33. The molecule has 1 fully saturated rings. The van der Waals surface area contributed by atoms with Crippen LogP contribution in [-0.2, 0) is 4.79 Å². The summed E-state index contributed by atoms with van der Waals surface area (Å²) in [4.78, 5) is 36.9. The molecule has 2 N–H and O–H groups in total. The predicted molar refractivity (Wildman–Crippen MR) is 89.9 cm³/mol. The molecule has 6 nitrogen and oxygen atoms in total. The van der Waals surface area contributed by atoms with Gasteiger partial charge in [-0.3, -0.25) is 14.5 Å². The molecule has 2 aromatic rings. The molecule has 1 atom stereocenters. The molecule has 24 heavy (non-hydrogen) atoms. The Morgan fingerprint density at radius 3 is 2.50 bits per heavy atom. The summed E-state index contributed by atoms with van der Waals surface area (Å²) in [5.74, 6) is -0.621. The number of imide groups is 1. The molecule has 1 unspecified atom stereocenters. The quantitative estimate of drug-likeness (QED) is 0.841. The minimum Gasteiger partial charge on any atom is -0.322 e. The fraction of sp³-hybridized carbons (Fsp3) is 0.118. The zero-order chi connectivity index (χ0) is 17.3. The molecule has 0 radical (unpaired) electrons. The second-order valence-corrected chi connectivity index (χ2v) is 5.80. The van der Waals surface area contributed by atoms with Crippen molar-refractivity contribution in [1.82, 2.24) is 10.2 Å². The highest BCUT2D eigenvalue weighted by Gasteiger charge is 2.36. The van der Waals surface area contributed by atoms with Crippen LogP contribution in [0, 0.1) is 0 Å². The van der Waals surface area contributed by atoms with Gasteiger partial charge in [0.05, 0.1) is 0 Å². The third kappa shape index (κ3) is 3.09. The molecule has 3 rings (SSSR count). The van der Waals surface area contributed by atoms with E-state index < -0.39 is 12.1 Å². The lowest BCUT2D eigenvalue weighted by Crippen LogP contribution is -2.25. The highest BCUT2D eigenvalue weighted by Crippen LogP contribution is 2.23. The largest absolute Gasteiger partial charge is 0.324 e. The summed E-state index contributed by atoms with van der Waals surface area (Å²) in [5, 5.41) is 5.91. The number of anilines is 1. The van der Waals surface area contributed by atoms with Crippen LogP contribution in [-0.4, -0.2) is 29.8 Å². The molecule has 0 saturated carbocycles. The van der Waals surface area contributed by atoms with Crippen molar-refractivity contribution in [3.05, 3.63) is 64.7 Å². The molecule has 1 saturated heterocycles. The topological polar surface area (TPSA) is 78.5 Å². The molecule has 0 aromatic heterocycles. The minimum atomic E-state index is -0.741. The highest BCUT2D eigenvalue weighted by atomic mass is 35.5. The zero-order valence-corrected chi connectivity index (χ0v) is 13.5. The fourth-order valence-corrected chi connectivity index (χ4v) is 2.53. The Hall–Kier alpha value is -2.86. The Bertz CT molecular complexity index is 820. The van der Waals surface area contributed by atoms with Gasteiger partial charge in [0.25, 0.3) is 11.8 Å². The molecular weight excluding hydrogens is 330 g/mol. The number of benzene rings is 2. The standard InChI is InChI=1S/C17H14ClN3O3/c1-21-16(23)14(20-17(21)24)11-3-2-4-13(9-11)19-15(22)10-5-7-12(18)8-6-10/h2-9,14H,1H3,(H,19,22)(H,20,24). The van der Waals surface area contributed by atoms with E-state index in [2.05, 4.69) is 10.6 Å². The molecule has 4 amide bonds. The van der Waals surface area contributed by atoms with Crippen LogP contribution in [0.25, 0.3) is 0 Å². The maximum absolute atomic E-state index is 12.2. The van der Waals surface area contributed by atoms with Crippen LogP contribution in [0.5, 0.6) is 0 Å². The molecule has 1 aliphatic heterocycles. The average Bonchev–Trinajstić information content (AvgIpc) is 2.83. The van der Waals surface area contributed by atoms with Gasteiger partial charge in [-0.2, -0.15) is 0 Å². The molecule has 0 bridgehead atoms. The first kappa shape index (κ1) is 16.0. The van der Waals surface area contributed by atoms with Crippen molar-refractivity contribution < 1.29 is 14.4 Å². The first-order chi connectivity index (χ1) is 11.5. The smallest absolute Gasteiger partial charge is 0.322 e. The maximum atomic E-state index is 12.2. The van der Waals surface area contributed by atoms with Crippen molar-refractivity contribution in [2.24, 2.45) is 0 Å². The Morgan fingerprint density at radius 1 is 1.17 bits per heavy atom. The molecular formula is C17H14ClN3O3. The van der Waals surface area contributed by atoms with Crippen LogP contribution in [0.15, 0.2) is 48.5 Å². The molecule has 0 spiro atoms. The third-order valence-corrected chi connectivity index (χ3v) is 3.99. The van der Waals surface area contributed by atoms with Gasteiger partial charge >= 0.3 is 6.03 Å². The lowest BCUT2D eigenvalue weighted by molar-refractivity contribution is -0.126. The van der Waals surface area contributed by atoms with Crippen molar-refractivity contribution >= 4 is 35.1 Å². The second-order valence-electron chi connectivity index (χ2n) is 5.37. The van der Waals surface area contributed by atoms with E-state index in [1.807, 2.05) is 0 Å². The van der Waals surface area contributed by atoms with Gasteiger partial charge in [-0.1, -0.05) is 23.7 Å². The number of carbonyl (C=O) groups is 3. The number of likely N-dealkylation sites (N-methyl/N-ethyl adjacent to an activating group) is 1. The summed E-state index contributed by atoms with van der Waals surface area (Å²) < 4.78 is 0. The Morgan fingerprint density at radius 2 is 1.88 bits per heavy atom. The Labute approximate surface area is 143 Å². The van der Waals surface area contributed by atoms with Crippen LogP contribution in [0.2, 0.25) is 5.02 Å². The van der Waals surface area contributed by atoms with Crippen molar-refractivity contribution in [1.29, 1.82) is 0 Å². The minimum absolute atomic E-state index is 0.289. The van der Waals surface area contributed by atoms with E-state index in [9.17, 15) is 14.4 Å². The number of hydrogen-bond donors (Lipinski definition) is 2. The van der Waals surface area contributed by atoms with Crippen molar-refractivity contribution in [2.45, 2.75) is 6.04 Å². The van der Waals surface area contributed by atoms with Crippen LogP contribution >= 0.6 is 11.6 Å². The monoisotopic (exact) mass is 343 g/mol. The Kier molecular flexibility index (Phi) is 4.22. The number of nitrogens with one attached hydrogen (secondary N) is 2. The summed E-state index contributed by atoms with van der Waals surface area (Å²) in [5.41, 5.74) is 1.60. The average molecular weight is 344 g/mol. The van der Waals surface area contributed by atoms with Crippen LogP contribution in [0.3, 0.4) is 0 Å². The van der Waals surface area contributed by atoms with E-state index in [1.54, 1.807) is 48.5 Å². The molecule has 1 heterocycles. The normalized spacial score (nSPS) is 16.9. The number of halogens is 1. The summed E-state index contributed by atoms with van der Waals surface area (Å²) in [6.07, 6.45) is 0. The third-order valence-electron chi connectivity index (χ3n) is 3.73. The van der Waals surface area contributed by atoms with Gasteiger partial charge < -0.3 is 10.6 Å². The van der Waals surface area contributed by atoms with Gasteiger partial charge in [0.15, 0.2) is 0 Å². The summed E-state index contributed by atoms with van der Waals surface area (Å²) >= 11 is 5.81.